The molecule has 0 aromatic heterocycles. The second-order valence-electron chi connectivity index (χ2n) is 17.1. The van der Waals surface area contributed by atoms with E-state index in [0.29, 0.717) is 19.3 Å². The molecule has 0 aliphatic heterocycles. The summed E-state index contributed by atoms with van der Waals surface area (Å²) in [7, 11) is 0. The van der Waals surface area contributed by atoms with E-state index in [9.17, 15) is 14.4 Å². The highest BCUT2D eigenvalue weighted by molar-refractivity contribution is 5.71. The Kier molecular flexibility index (Phi) is 49.0. The maximum atomic E-state index is 12.8. The number of rotatable bonds is 46. The normalized spacial score (nSPS) is 12.9. The van der Waals surface area contributed by atoms with Crippen LogP contribution in [0.5, 0.6) is 0 Å². The number of esters is 3. The number of hydrogen-bond acceptors (Lipinski definition) is 6. The van der Waals surface area contributed by atoms with Gasteiger partial charge in [0, 0.05) is 19.3 Å². The first-order chi connectivity index (χ1) is 31.5. The minimum atomic E-state index is -0.803. The van der Waals surface area contributed by atoms with E-state index < -0.39 is 6.10 Å². The first kappa shape index (κ1) is 60.3. The lowest BCUT2D eigenvalue weighted by Crippen LogP contribution is -2.30. The molecule has 0 aliphatic carbocycles. The van der Waals surface area contributed by atoms with Gasteiger partial charge >= 0.3 is 17.9 Å². The smallest absolute Gasteiger partial charge is 0.306 e. The Hall–Kier alpha value is -3.67. The minimum Gasteiger partial charge on any atom is -0.462 e. The van der Waals surface area contributed by atoms with E-state index in [-0.39, 0.29) is 31.1 Å². The van der Waals surface area contributed by atoms with E-state index in [0.717, 1.165) is 103 Å². The Labute approximate surface area is 394 Å². The molecule has 1 unspecified atom stereocenters. The van der Waals surface area contributed by atoms with Gasteiger partial charge in [0.1, 0.15) is 13.2 Å². The van der Waals surface area contributed by atoms with Crippen LogP contribution >= 0.6 is 0 Å². The molecule has 6 nitrogen and oxygen atoms in total. The lowest BCUT2D eigenvalue weighted by Gasteiger charge is -2.18. The third-order valence-corrected chi connectivity index (χ3v) is 10.9. The van der Waals surface area contributed by atoms with Gasteiger partial charge in [0.05, 0.1) is 0 Å². The summed E-state index contributed by atoms with van der Waals surface area (Å²) in [5.41, 5.74) is 0. The minimum absolute atomic E-state index is 0.0989. The molecule has 0 aromatic carbocycles. The summed E-state index contributed by atoms with van der Waals surface area (Å²) in [5, 5.41) is 0. The van der Waals surface area contributed by atoms with Crippen molar-refractivity contribution in [3.63, 3.8) is 0 Å². The lowest BCUT2D eigenvalue weighted by atomic mass is 10.1. The van der Waals surface area contributed by atoms with Crippen molar-refractivity contribution in [1.82, 2.24) is 0 Å². The summed E-state index contributed by atoms with van der Waals surface area (Å²) in [6.45, 7) is 6.33. The second kappa shape index (κ2) is 52.0. The Morgan fingerprint density at radius 2 is 0.688 bits per heavy atom. The molecule has 0 saturated carbocycles. The maximum absolute atomic E-state index is 12.8. The van der Waals surface area contributed by atoms with Crippen LogP contribution in [0.1, 0.15) is 233 Å². The van der Waals surface area contributed by atoms with Gasteiger partial charge in [-0.2, -0.15) is 0 Å². The van der Waals surface area contributed by atoms with Crippen LogP contribution in [0.25, 0.3) is 0 Å². The van der Waals surface area contributed by atoms with E-state index in [4.69, 9.17) is 14.2 Å². The van der Waals surface area contributed by atoms with Crippen molar-refractivity contribution in [2.45, 2.75) is 239 Å². The summed E-state index contributed by atoms with van der Waals surface area (Å²) in [4.78, 5) is 38.0. The van der Waals surface area contributed by atoms with Crippen molar-refractivity contribution in [2.75, 3.05) is 13.2 Å². The van der Waals surface area contributed by atoms with Crippen molar-refractivity contribution in [2.24, 2.45) is 0 Å². The topological polar surface area (TPSA) is 78.9 Å². The quantitative estimate of drug-likeness (QED) is 0.0199. The Morgan fingerprint density at radius 3 is 1.17 bits per heavy atom. The largest absolute Gasteiger partial charge is 0.462 e. The van der Waals surface area contributed by atoms with Gasteiger partial charge in [-0.15, -0.1) is 0 Å². The van der Waals surface area contributed by atoms with Gasteiger partial charge in [0.25, 0.3) is 0 Å². The molecule has 0 N–H and O–H groups in total. The van der Waals surface area contributed by atoms with Crippen molar-refractivity contribution in [3.8, 4) is 0 Å². The molecule has 0 heterocycles. The standard InChI is InChI=1S/C58H96O6/c1-4-7-10-13-16-19-22-25-27-29-31-33-36-39-42-45-48-51-57(60)63-54-55(53-62-56(59)50-47-44-41-38-35-32-24-21-18-15-12-9-6-3)64-58(61)52-49-46-43-40-37-34-30-28-26-23-20-17-14-11-8-5-2/h8-9,11-12,15,17-18,20-21,24-28,32,35,55H,4-7,10,13-14,16,19,22-23,29-31,33-34,36-54H2,1-3H3/b11-8+,12-9+,18-15+,20-17+,24-21+,27-25+,28-26+,35-32+. The van der Waals surface area contributed by atoms with Crippen LogP contribution < -0.4 is 0 Å². The van der Waals surface area contributed by atoms with Crippen molar-refractivity contribution in [3.05, 3.63) is 97.2 Å². The zero-order valence-electron chi connectivity index (χ0n) is 41.5. The van der Waals surface area contributed by atoms with Crippen LogP contribution in [0.4, 0.5) is 0 Å². The summed E-state index contributed by atoms with van der Waals surface area (Å²) >= 11 is 0. The molecule has 0 aromatic rings. The number of unbranched alkanes of at least 4 members (excludes halogenated alkanes) is 22. The monoisotopic (exact) mass is 889 g/mol. The fraction of sp³-hybridized carbons (Fsp3) is 0.672. The first-order valence-electron chi connectivity index (χ1n) is 26.3. The Balaban J connectivity index is 4.46. The lowest BCUT2D eigenvalue weighted by molar-refractivity contribution is -0.167. The van der Waals surface area contributed by atoms with E-state index in [1.54, 1.807) is 0 Å². The molecule has 64 heavy (non-hydrogen) atoms. The van der Waals surface area contributed by atoms with Gasteiger partial charge in [0.15, 0.2) is 6.10 Å². The molecule has 0 radical (unpaired) electrons. The molecule has 0 bridgehead atoms. The van der Waals surface area contributed by atoms with E-state index >= 15 is 0 Å². The molecule has 1 atom stereocenters. The molecule has 0 aliphatic rings. The number of hydrogen-bond donors (Lipinski definition) is 0. The molecule has 0 fully saturated rings. The molecule has 0 spiro atoms. The zero-order valence-corrected chi connectivity index (χ0v) is 41.5. The van der Waals surface area contributed by atoms with E-state index in [2.05, 4.69) is 81.5 Å². The molecule has 6 heteroatoms. The van der Waals surface area contributed by atoms with Gasteiger partial charge in [-0.25, -0.2) is 0 Å². The number of ether oxygens (including phenoxy) is 3. The van der Waals surface area contributed by atoms with Crippen LogP contribution in [0, 0.1) is 0 Å². The molecule has 0 amide bonds. The fourth-order valence-corrected chi connectivity index (χ4v) is 6.99. The van der Waals surface area contributed by atoms with Crippen LogP contribution in [0.3, 0.4) is 0 Å². The van der Waals surface area contributed by atoms with E-state index in [1.807, 2.05) is 36.5 Å². The van der Waals surface area contributed by atoms with Crippen molar-refractivity contribution in [1.29, 1.82) is 0 Å². The average molecular weight is 889 g/mol. The Bertz CT molecular complexity index is 1300. The molecular weight excluding hydrogens is 793 g/mol. The van der Waals surface area contributed by atoms with Crippen molar-refractivity contribution < 1.29 is 28.6 Å². The third-order valence-electron chi connectivity index (χ3n) is 10.9. The van der Waals surface area contributed by atoms with Gasteiger partial charge < -0.3 is 14.2 Å². The van der Waals surface area contributed by atoms with Gasteiger partial charge in [-0.3, -0.25) is 14.4 Å². The van der Waals surface area contributed by atoms with Crippen LogP contribution in [0.15, 0.2) is 97.2 Å². The molecule has 0 rings (SSSR count). The summed E-state index contributed by atoms with van der Waals surface area (Å²) < 4.78 is 16.8. The summed E-state index contributed by atoms with van der Waals surface area (Å²) in [5.74, 6) is -0.959. The van der Waals surface area contributed by atoms with E-state index in [1.165, 1.54) is 89.9 Å². The summed E-state index contributed by atoms with van der Waals surface area (Å²) in [6, 6.07) is 0. The predicted molar refractivity (Wildman–Crippen MR) is 274 cm³/mol. The van der Waals surface area contributed by atoms with Gasteiger partial charge in [0.2, 0.25) is 0 Å². The molecule has 0 saturated heterocycles. The highest BCUT2D eigenvalue weighted by Crippen LogP contribution is 2.14. The number of allylic oxidation sites excluding steroid dienone is 16. The number of carbonyl (C=O) groups is 3. The fourth-order valence-electron chi connectivity index (χ4n) is 6.99. The van der Waals surface area contributed by atoms with Crippen LogP contribution in [-0.2, 0) is 28.6 Å². The Morgan fingerprint density at radius 1 is 0.344 bits per heavy atom. The van der Waals surface area contributed by atoms with Crippen LogP contribution in [-0.4, -0.2) is 37.2 Å². The molecule has 364 valence electrons. The molecular formula is C58H96O6. The zero-order chi connectivity index (χ0) is 46.5. The average Bonchev–Trinajstić information content (AvgIpc) is 3.29. The second-order valence-corrected chi connectivity index (χ2v) is 17.1. The first-order valence-corrected chi connectivity index (χ1v) is 26.3. The predicted octanol–water partition coefficient (Wildman–Crippen LogP) is 17.4. The number of carbonyl (C=O) groups excluding carboxylic acids is 3. The highest BCUT2D eigenvalue weighted by Gasteiger charge is 2.19. The SMILES string of the molecule is CC/C=C/C=C/C=C/C=C/CCCCCC(=O)OCC(COC(=O)CCCCCCCCC/C=C/CCCCCCCC)OC(=O)CCCCCCCC/C=C/C/C=C/C/C=C/CC. The van der Waals surface area contributed by atoms with Crippen LogP contribution in [0.2, 0.25) is 0 Å². The van der Waals surface area contributed by atoms with Gasteiger partial charge in [-0.05, 0) is 96.3 Å². The van der Waals surface area contributed by atoms with Gasteiger partial charge in [-0.1, -0.05) is 214 Å². The maximum Gasteiger partial charge on any atom is 0.306 e. The third kappa shape index (κ3) is 49.3. The highest BCUT2D eigenvalue weighted by atomic mass is 16.6. The van der Waals surface area contributed by atoms with Crippen molar-refractivity contribution >= 4 is 17.9 Å². The summed E-state index contributed by atoms with van der Waals surface area (Å²) in [6.07, 6.45) is 68.2.